The average Bonchev–Trinajstić information content (AvgIpc) is 1.12. The Bertz CT molecular complexity index is 215. The largest absolute Gasteiger partial charge is 2.00 e. The normalized spacial score (nSPS) is 10.5. The molecule has 0 heterocycles. The fraction of sp³-hybridized carbons (Fsp3) is 0. The van der Waals surface area contributed by atoms with Gasteiger partial charge in [0.1, 0.15) is 0 Å². The first-order valence-corrected chi connectivity index (χ1v) is 4.41. The first kappa shape index (κ1) is 17.4. The van der Waals surface area contributed by atoms with Crippen LogP contribution in [0.15, 0.2) is 0 Å². The first-order valence-electron chi connectivity index (χ1n) is 1.47. The van der Waals surface area contributed by atoms with E-state index >= 15 is 0 Å². The van der Waals surface area contributed by atoms with Crippen LogP contribution in [0.4, 0.5) is 0 Å². The third-order valence-electron chi connectivity index (χ3n) is 0. The molecule has 8 nitrogen and oxygen atoms in total. The van der Waals surface area contributed by atoms with Gasteiger partial charge in [-0.1, -0.05) is 0 Å². The summed E-state index contributed by atoms with van der Waals surface area (Å²) in [4.78, 5) is 0. The van der Waals surface area contributed by atoms with Crippen molar-refractivity contribution in [3.63, 3.8) is 0 Å². The molecule has 0 rings (SSSR count). The van der Waals surface area contributed by atoms with Crippen molar-refractivity contribution >= 4 is 20.6 Å². The predicted octanol–water partition coefficient (Wildman–Crippen LogP) is -3.19. The smallest absolute Gasteiger partial charge is 0.736 e. The van der Waals surface area contributed by atoms with Gasteiger partial charge in [0.15, 0.2) is 20.6 Å². The number of rotatable bonds is 0. The molecule has 0 fully saturated rings. The van der Waals surface area contributed by atoms with Crippen molar-refractivity contribution in [3.8, 4) is 0 Å². The summed E-state index contributed by atoms with van der Waals surface area (Å²) in [6, 6.07) is 0. The Kier molecular flexibility index (Phi) is 9.36. The monoisotopic (exact) mass is 243 g/mol. The molecule has 4 N–H and O–H groups in total. The molecule has 0 spiro atoms. The summed E-state index contributed by atoms with van der Waals surface area (Å²) in [7, 11) is -8.83. The van der Waals surface area contributed by atoms with Gasteiger partial charge in [-0.05, 0) is 0 Å². The van der Waals surface area contributed by atoms with E-state index < -0.39 is 20.6 Å². The summed E-state index contributed by atoms with van der Waals surface area (Å²) < 4.78 is 53.1. The van der Waals surface area contributed by atoms with Crippen molar-refractivity contribution in [1.82, 2.24) is 0 Å². The van der Waals surface area contributed by atoms with Crippen LogP contribution >= 0.6 is 0 Å². The molecule has 11 heteroatoms. The van der Waals surface area contributed by atoms with Crippen LogP contribution in [-0.4, -0.2) is 25.9 Å². The van der Waals surface area contributed by atoms with Crippen LogP contribution in [0, 0.1) is 0 Å². The summed E-state index contributed by atoms with van der Waals surface area (Å²) in [5.74, 6) is 0. The van der Waals surface area contributed by atoms with E-state index in [2.05, 4.69) is 10.3 Å². The zero-order chi connectivity index (χ0) is 9.00. The van der Waals surface area contributed by atoms with Gasteiger partial charge >= 0.3 is 18.6 Å². The molecule has 0 aromatic heterocycles. The molecule has 0 aliphatic heterocycles. The maximum Gasteiger partial charge on any atom is 2.00 e. The van der Waals surface area contributed by atoms with Gasteiger partial charge < -0.3 is 9.11 Å². The van der Waals surface area contributed by atoms with Gasteiger partial charge in [-0.15, -0.1) is 0 Å². The second kappa shape index (κ2) is 5.91. The van der Waals surface area contributed by atoms with E-state index in [1.165, 1.54) is 0 Å². The van der Waals surface area contributed by atoms with Gasteiger partial charge in [0.2, 0.25) is 0 Å². The van der Waals surface area contributed by atoms with Gasteiger partial charge in [-0.25, -0.2) is 27.1 Å². The Balaban J connectivity index is -0.000000107. The van der Waals surface area contributed by atoms with Crippen LogP contribution < -0.4 is 10.3 Å². The predicted molar refractivity (Wildman–Crippen MR) is 27.8 cm³/mol. The first-order chi connectivity index (χ1) is 4.00. The van der Waals surface area contributed by atoms with Crippen molar-refractivity contribution < 1.29 is 44.5 Å². The van der Waals surface area contributed by atoms with Crippen LogP contribution in [-0.2, 0) is 39.2 Å². The van der Waals surface area contributed by atoms with Gasteiger partial charge in [0.05, 0.1) is 0 Å². The molecule has 0 aliphatic rings. The number of hydrogen-bond acceptors (Lipinski definition) is 6. The Labute approximate surface area is 75.6 Å². The third-order valence-corrected chi connectivity index (χ3v) is 0. The summed E-state index contributed by atoms with van der Waals surface area (Å²) in [5, 5.41) is 7.54. The fourth-order valence-corrected chi connectivity index (χ4v) is 0. The van der Waals surface area contributed by atoms with E-state index in [4.69, 9.17) is 25.9 Å². The Morgan fingerprint density at radius 1 is 0.818 bits per heavy atom. The quantitative estimate of drug-likeness (QED) is 0.425. The molecule has 11 heavy (non-hydrogen) atoms. The molecule has 0 unspecified atom stereocenters. The minimum Gasteiger partial charge on any atom is -0.736 e. The standard InChI is InChI=1S/2H3NO3S.V/c2*1-5(2,3)4;/h2*(H3,1,2,3,4);/q;;+2/p-2. The van der Waals surface area contributed by atoms with Gasteiger partial charge in [-0.3, -0.25) is 0 Å². The topological polar surface area (TPSA) is 166 Å². The van der Waals surface area contributed by atoms with Crippen molar-refractivity contribution in [3.05, 3.63) is 0 Å². The summed E-state index contributed by atoms with van der Waals surface area (Å²) in [5.41, 5.74) is 0. The molecular weight excluding hydrogens is 239 g/mol. The Hall–Kier alpha value is 0.324. The van der Waals surface area contributed by atoms with Crippen molar-refractivity contribution in [2.75, 3.05) is 0 Å². The Morgan fingerprint density at radius 2 is 0.818 bits per heavy atom. The molecular formula is H4N2O6S2V. The van der Waals surface area contributed by atoms with Crippen molar-refractivity contribution in [2.24, 2.45) is 10.3 Å². The van der Waals surface area contributed by atoms with Crippen LogP contribution in [0.2, 0.25) is 0 Å². The Morgan fingerprint density at radius 3 is 0.818 bits per heavy atom. The van der Waals surface area contributed by atoms with Crippen molar-refractivity contribution in [2.45, 2.75) is 0 Å². The van der Waals surface area contributed by atoms with Gasteiger partial charge in [0.25, 0.3) is 0 Å². The zero-order valence-electron chi connectivity index (χ0n) is 4.87. The molecule has 0 saturated carbocycles. The number of nitrogens with two attached hydrogens (primary N) is 2. The third kappa shape index (κ3) is 6800. The molecule has 0 atom stereocenters. The maximum atomic E-state index is 8.85. The summed E-state index contributed by atoms with van der Waals surface area (Å²) in [6.45, 7) is 0. The van der Waals surface area contributed by atoms with E-state index in [9.17, 15) is 0 Å². The van der Waals surface area contributed by atoms with E-state index in [0.717, 1.165) is 0 Å². The molecule has 0 bridgehead atoms. The molecule has 0 amide bonds. The average molecular weight is 243 g/mol. The van der Waals surface area contributed by atoms with E-state index in [1.54, 1.807) is 0 Å². The maximum absolute atomic E-state index is 8.85. The molecule has 1 radical (unpaired) electrons. The molecule has 0 aliphatic carbocycles. The molecule has 67 valence electrons. The number of hydrogen-bond donors (Lipinski definition) is 2. The minimum atomic E-state index is -4.42. The van der Waals surface area contributed by atoms with Crippen LogP contribution in [0.5, 0.6) is 0 Å². The van der Waals surface area contributed by atoms with Crippen LogP contribution in [0.1, 0.15) is 0 Å². The molecule has 0 aromatic carbocycles. The zero-order valence-corrected chi connectivity index (χ0v) is 7.90. The second-order valence-corrected chi connectivity index (χ2v) is 2.96. The summed E-state index contributed by atoms with van der Waals surface area (Å²) in [6.07, 6.45) is 0. The van der Waals surface area contributed by atoms with Crippen LogP contribution in [0.25, 0.3) is 0 Å². The van der Waals surface area contributed by atoms with E-state index in [0.29, 0.717) is 0 Å². The van der Waals surface area contributed by atoms with E-state index in [1.807, 2.05) is 0 Å². The van der Waals surface area contributed by atoms with Gasteiger partial charge in [0, 0.05) is 0 Å². The fourth-order valence-electron chi connectivity index (χ4n) is 0. The summed E-state index contributed by atoms with van der Waals surface area (Å²) >= 11 is 0. The van der Waals surface area contributed by atoms with Crippen LogP contribution in [0.3, 0.4) is 0 Å². The molecule has 0 saturated heterocycles. The SMILES string of the molecule is NS(=O)(=O)[O-].NS(=O)(=O)[O-].[V+2]. The van der Waals surface area contributed by atoms with E-state index in [-0.39, 0.29) is 18.6 Å². The van der Waals surface area contributed by atoms with Gasteiger partial charge in [-0.2, -0.15) is 0 Å². The molecule has 0 aromatic rings. The minimum absolute atomic E-state index is 0. The van der Waals surface area contributed by atoms with Crippen molar-refractivity contribution in [1.29, 1.82) is 0 Å². The second-order valence-electron chi connectivity index (χ2n) is 0.986.